The number of carbonyl (C=O) groups excluding carboxylic acids is 1. The fraction of sp³-hybridized carbons (Fsp3) is 0.900. The van der Waals surface area contributed by atoms with Gasteiger partial charge < -0.3 is 4.74 Å². The van der Waals surface area contributed by atoms with E-state index in [1.165, 1.54) is 0 Å². The van der Waals surface area contributed by atoms with Crippen molar-refractivity contribution in [3.05, 3.63) is 0 Å². The molecule has 14 heavy (non-hydrogen) atoms. The second-order valence-corrected chi connectivity index (χ2v) is 4.98. The smallest absolute Gasteiger partial charge is 0.309 e. The molecule has 0 saturated carbocycles. The van der Waals surface area contributed by atoms with E-state index in [1.807, 2.05) is 13.2 Å². The Morgan fingerprint density at radius 1 is 1.43 bits per heavy atom. The highest BCUT2D eigenvalue weighted by atomic mass is 79.9. The molecule has 0 aliphatic carbocycles. The molecule has 0 aromatic heterocycles. The Kier molecular flexibility index (Phi) is 10.1. The van der Waals surface area contributed by atoms with Gasteiger partial charge in [-0.1, -0.05) is 22.9 Å². The van der Waals surface area contributed by atoms with Gasteiger partial charge in [-0.15, -0.1) is 0 Å². The minimum Gasteiger partial charge on any atom is -0.465 e. The predicted molar refractivity (Wildman–Crippen MR) is 66.2 cm³/mol. The van der Waals surface area contributed by atoms with E-state index in [4.69, 9.17) is 4.74 Å². The van der Waals surface area contributed by atoms with Gasteiger partial charge in [0.2, 0.25) is 0 Å². The molecule has 0 aliphatic heterocycles. The van der Waals surface area contributed by atoms with E-state index in [-0.39, 0.29) is 11.9 Å². The van der Waals surface area contributed by atoms with Crippen molar-refractivity contribution in [2.24, 2.45) is 5.92 Å². The van der Waals surface area contributed by atoms with Gasteiger partial charge in [-0.2, -0.15) is 11.8 Å². The van der Waals surface area contributed by atoms with Crippen LogP contribution in [0.25, 0.3) is 0 Å². The summed E-state index contributed by atoms with van der Waals surface area (Å²) in [4.78, 5) is 11.3. The summed E-state index contributed by atoms with van der Waals surface area (Å²) in [7, 11) is 0. The maximum absolute atomic E-state index is 11.3. The molecule has 0 N–H and O–H groups in total. The Labute approximate surface area is 99.3 Å². The summed E-state index contributed by atoms with van der Waals surface area (Å²) in [6, 6.07) is 0. The maximum Gasteiger partial charge on any atom is 0.309 e. The Balaban J connectivity index is 3.34. The third kappa shape index (κ3) is 7.68. The topological polar surface area (TPSA) is 26.3 Å². The van der Waals surface area contributed by atoms with Crippen molar-refractivity contribution in [1.82, 2.24) is 0 Å². The molecule has 0 aromatic carbocycles. The van der Waals surface area contributed by atoms with Crippen molar-refractivity contribution in [1.29, 1.82) is 0 Å². The van der Waals surface area contributed by atoms with Gasteiger partial charge in [0.15, 0.2) is 0 Å². The monoisotopic (exact) mass is 282 g/mol. The van der Waals surface area contributed by atoms with E-state index >= 15 is 0 Å². The van der Waals surface area contributed by atoms with Crippen LogP contribution in [0.2, 0.25) is 0 Å². The van der Waals surface area contributed by atoms with Crippen LogP contribution in [0.15, 0.2) is 0 Å². The van der Waals surface area contributed by atoms with E-state index in [1.54, 1.807) is 11.8 Å². The molecular formula is C10H19BrO2S. The number of alkyl halides is 1. The molecule has 0 amide bonds. The van der Waals surface area contributed by atoms with Crippen molar-refractivity contribution >= 4 is 33.7 Å². The predicted octanol–water partition coefficient (Wildman–Crippen LogP) is 3.09. The van der Waals surface area contributed by atoms with Crippen LogP contribution in [0.3, 0.4) is 0 Å². The van der Waals surface area contributed by atoms with Gasteiger partial charge in [0.05, 0.1) is 12.5 Å². The molecule has 0 rings (SSSR count). The molecule has 0 bridgehead atoms. The number of halogens is 1. The maximum atomic E-state index is 11.3. The number of carbonyl (C=O) groups is 1. The van der Waals surface area contributed by atoms with E-state index < -0.39 is 0 Å². The van der Waals surface area contributed by atoms with Crippen molar-refractivity contribution in [2.75, 3.05) is 23.9 Å². The lowest BCUT2D eigenvalue weighted by atomic mass is 10.2. The van der Waals surface area contributed by atoms with Crippen molar-refractivity contribution in [3.63, 3.8) is 0 Å². The minimum absolute atomic E-state index is 0.0289. The van der Waals surface area contributed by atoms with E-state index in [2.05, 4.69) is 15.9 Å². The third-order valence-corrected chi connectivity index (χ3v) is 3.24. The summed E-state index contributed by atoms with van der Waals surface area (Å²) in [5.41, 5.74) is 0. The van der Waals surface area contributed by atoms with Crippen LogP contribution in [-0.4, -0.2) is 29.9 Å². The minimum atomic E-state index is -0.0572. The fourth-order valence-electron chi connectivity index (χ4n) is 1.01. The summed E-state index contributed by atoms with van der Waals surface area (Å²) in [5, 5.41) is 1.03. The van der Waals surface area contributed by atoms with Gasteiger partial charge in [-0.25, -0.2) is 0 Å². The molecule has 0 aromatic rings. The standard InChI is InChI=1S/C10H19BrO2S/c1-9(8-14-2)10(12)13-7-5-3-4-6-11/h9H,3-8H2,1-2H3. The lowest BCUT2D eigenvalue weighted by molar-refractivity contribution is -0.147. The van der Waals surface area contributed by atoms with Crippen LogP contribution in [0.4, 0.5) is 0 Å². The quantitative estimate of drug-likeness (QED) is 0.389. The van der Waals surface area contributed by atoms with Crippen LogP contribution < -0.4 is 0 Å². The van der Waals surface area contributed by atoms with E-state index in [0.717, 1.165) is 30.3 Å². The summed E-state index contributed by atoms with van der Waals surface area (Å²) in [6.07, 6.45) is 5.25. The van der Waals surface area contributed by atoms with Crippen molar-refractivity contribution in [3.8, 4) is 0 Å². The molecule has 0 saturated heterocycles. The highest BCUT2D eigenvalue weighted by molar-refractivity contribution is 9.09. The van der Waals surface area contributed by atoms with E-state index in [9.17, 15) is 4.79 Å². The van der Waals surface area contributed by atoms with E-state index in [0.29, 0.717) is 6.61 Å². The number of hydrogen-bond donors (Lipinski definition) is 0. The van der Waals surface area contributed by atoms with Gasteiger partial charge in [-0.05, 0) is 25.5 Å². The molecule has 0 heterocycles. The highest BCUT2D eigenvalue weighted by Gasteiger charge is 2.12. The van der Waals surface area contributed by atoms with Crippen LogP contribution in [0.5, 0.6) is 0 Å². The van der Waals surface area contributed by atoms with Gasteiger partial charge in [-0.3, -0.25) is 4.79 Å². The molecule has 0 fully saturated rings. The Hall–Kier alpha value is 0.300. The van der Waals surface area contributed by atoms with Crippen LogP contribution in [0, 0.1) is 5.92 Å². The molecule has 2 nitrogen and oxygen atoms in total. The molecule has 84 valence electrons. The fourth-order valence-corrected chi connectivity index (χ4v) is 2.04. The SMILES string of the molecule is CSCC(C)C(=O)OCCCCCBr. The van der Waals surface area contributed by atoms with Crippen molar-refractivity contribution in [2.45, 2.75) is 26.2 Å². The van der Waals surface area contributed by atoms with Gasteiger partial charge in [0.1, 0.15) is 0 Å². The summed E-state index contributed by atoms with van der Waals surface area (Å²) >= 11 is 5.04. The number of hydrogen-bond acceptors (Lipinski definition) is 3. The van der Waals surface area contributed by atoms with Gasteiger partial charge >= 0.3 is 5.97 Å². The van der Waals surface area contributed by atoms with Crippen molar-refractivity contribution < 1.29 is 9.53 Å². The summed E-state index contributed by atoms with van der Waals surface area (Å²) in [5.74, 6) is 0.819. The lowest BCUT2D eigenvalue weighted by Gasteiger charge is -2.09. The number of thioether (sulfide) groups is 1. The zero-order valence-electron chi connectivity index (χ0n) is 8.92. The molecule has 1 unspecified atom stereocenters. The highest BCUT2D eigenvalue weighted by Crippen LogP contribution is 2.07. The summed E-state index contributed by atoms with van der Waals surface area (Å²) in [6.45, 7) is 2.49. The average molecular weight is 283 g/mol. The lowest BCUT2D eigenvalue weighted by Crippen LogP contribution is -2.17. The first-order valence-electron chi connectivity index (χ1n) is 4.94. The van der Waals surface area contributed by atoms with Gasteiger partial charge in [0.25, 0.3) is 0 Å². The first kappa shape index (κ1) is 14.3. The average Bonchev–Trinajstić information content (AvgIpc) is 2.17. The van der Waals surface area contributed by atoms with Crippen LogP contribution in [-0.2, 0) is 9.53 Å². The Morgan fingerprint density at radius 3 is 2.71 bits per heavy atom. The van der Waals surface area contributed by atoms with Gasteiger partial charge in [0, 0.05) is 11.1 Å². The zero-order valence-corrected chi connectivity index (χ0v) is 11.3. The number of esters is 1. The molecular weight excluding hydrogens is 264 g/mol. The molecule has 4 heteroatoms. The largest absolute Gasteiger partial charge is 0.465 e. The Morgan fingerprint density at radius 2 is 2.14 bits per heavy atom. The molecule has 0 aliphatic rings. The third-order valence-electron chi connectivity index (χ3n) is 1.84. The first-order valence-corrected chi connectivity index (χ1v) is 7.45. The normalized spacial score (nSPS) is 12.5. The number of ether oxygens (including phenoxy) is 1. The molecule has 1 atom stereocenters. The second-order valence-electron chi connectivity index (χ2n) is 3.27. The number of unbranched alkanes of at least 4 members (excludes halogenated alkanes) is 2. The van der Waals surface area contributed by atoms with Crippen LogP contribution >= 0.6 is 27.7 Å². The number of rotatable bonds is 8. The Bertz CT molecular complexity index is 153. The van der Waals surface area contributed by atoms with Crippen LogP contribution in [0.1, 0.15) is 26.2 Å². The first-order chi connectivity index (χ1) is 6.72. The second kappa shape index (κ2) is 9.84. The summed E-state index contributed by atoms with van der Waals surface area (Å²) < 4.78 is 5.14. The zero-order chi connectivity index (χ0) is 10.8. The molecule has 0 radical (unpaired) electrons. The molecule has 0 spiro atoms.